The molecular weight excluding hydrogens is 453 g/mol. The molecule has 0 bridgehead atoms. The normalized spacial score (nSPS) is 12.7. The summed E-state index contributed by atoms with van der Waals surface area (Å²) in [4.78, 5) is 1.31. The van der Waals surface area contributed by atoms with Crippen LogP contribution in [0.25, 0.3) is 72.0 Å². The molecule has 7 rings (SSSR count). The van der Waals surface area contributed by atoms with Gasteiger partial charge in [-0.1, -0.05) is 36.9 Å². The minimum absolute atomic E-state index is 1.27. The first-order chi connectivity index (χ1) is 15.2. The first-order valence-corrected chi connectivity index (χ1v) is 13.4. The zero-order valence-electron chi connectivity index (χ0n) is 16.7. The summed E-state index contributed by atoms with van der Waals surface area (Å²) in [6.45, 7) is 6.16. The van der Waals surface area contributed by atoms with Crippen LogP contribution in [-0.4, -0.2) is 0 Å². The summed E-state index contributed by atoms with van der Waals surface area (Å²) in [5.41, 5.74) is 1.27. The van der Waals surface area contributed by atoms with Gasteiger partial charge in [0.25, 0.3) is 0 Å². The van der Waals surface area contributed by atoms with E-state index in [4.69, 9.17) is 0 Å². The summed E-state index contributed by atoms with van der Waals surface area (Å²) in [7, 11) is 0. The number of hydrogen-bond donors (Lipinski definition) is 0. The molecule has 31 heavy (non-hydrogen) atoms. The summed E-state index contributed by atoms with van der Waals surface area (Å²) < 4.78 is 9.76. The standard InChI is InChI=1S/C27H16S4/c1-3-7-20-16(4-2)24-26(28-20)18-10-14-13-23-19(11-15(14)12-22(18)30-24)27-25(31-23)17-8-5-6-9-21(17)29-27/h3-13H,2H2,1H3/b7-3-. The monoisotopic (exact) mass is 468 g/mol. The summed E-state index contributed by atoms with van der Waals surface area (Å²) in [6, 6.07) is 18.4. The number of fused-ring (bicyclic) bond motifs is 9. The summed E-state index contributed by atoms with van der Waals surface area (Å²) >= 11 is 7.64. The van der Waals surface area contributed by atoms with Gasteiger partial charge < -0.3 is 0 Å². The van der Waals surface area contributed by atoms with Gasteiger partial charge in [-0.15, -0.1) is 45.3 Å². The minimum atomic E-state index is 1.27. The van der Waals surface area contributed by atoms with Gasteiger partial charge in [-0.3, -0.25) is 0 Å². The second-order valence-corrected chi connectivity index (χ2v) is 12.0. The lowest BCUT2D eigenvalue weighted by Crippen LogP contribution is -1.73. The van der Waals surface area contributed by atoms with Crippen molar-refractivity contribution in [3.8, 4) is 0 Å². The van der Waals surface area contributed by atoms with Crippen molar-refractivity contribution in [2.45, 2.75) is 6.92 Å². The van der Waals surface area contributed by atoms with E-state index in [1.54, 1.807) is 0 Å². The molecule has 4 heterocycles. The Morgan fingerprint density at radius 2 is 1.29 bits per heavy atom. The molecule has 0 saturated carbocycles. The van der Waals surface area contributed by atoms with Crippen molar-refractivity contribution in [2.75, 3.05) is 0 Å². The topological polar surface area (TPSA) is 0 Å². The van der Waals surface area contributed by atoms with Crippen molar-refractivity contribution in [3.05, 3.63) is 71.6 Å². The quantitative estimate of drug-likeness (QED) is 0.237. The third-order valence-corrected chi connectivity index (χ3v) is 11.0. The highest BCUT2D eigenvalue weighted by Crippen LogP contribution is 2.48. The molecule has 0 aliphatic rings. The number of benzene rings is 3. The maximum absolute atomic E-state index is 4.08. The van der Waals surface area contributed by atoms with Crippen molar-refractivity contribution in [1.82, 2.24) is 0 Å². The Morgan fingerprint density at radius 3 is 2.00 bits per heavy atom. The van der Waals surface area contributed by atoms with Crippen LogP contribution in [-0.2, 0) is 0 Å². The molecule has 0 N–H and O–H groups in total. The average molecular weight is 469 g/mol. The molecular formula is C27H16S4. The van der Waals surface area contributed by atoms with E-state index >= 15 is 0 Å². The van der Waals surface area contributed by atoms with Crippen molar-refractivity contribution < 1.29 is 0 Å². The lowest BCUT2D eigenvalue weighted by atomic mass is 10.1. The Hall–Kier alpha value is -2.50. The lowest BCUT2D eigenvalue weighted by Gasteiger charge is -2.00. The van der Waals surface area contributed by atoms with Crippen LogP contribution in [0.4, 0.5) is 0 Å². The van der Waals surface area contributed by atoms with Gasteiger partial charge in [0.1, 0.15) is 0 Å². The predicted octanol–water partition coefficient (Wildman–Crippen LogP) is 10.5. The molecule has 4 aromatic heterocycles. The van der Waals surface area contributed by atoms with E-state index in [2.05, 4.69) is 74.2 Å². The van der Waals surface area contributed by atoms with Crippen LogP contribution in [0.3, 0.4) is 0 Å². The number of allylic oxidation sites excluding steroid dienone is 1. The third-order valence-electron chi connectivity index (χ3n) is 5.95. The van der Waals surface area contributed by atoms with Gasteiger partial charge in [-0.2, -0.15) is 0 Å². The fraction of sp³-hybridized carbons (Fsp3) is 0.0370. The van der Waals surface area contributed by atoms with Crippen LogP contribution in [0, 0.1) is 0 Å². The van der Waals surface area contributed by atoms with E-state index in [1.165, 1.54) is 70.3 Å². The first-order valence-electron chi connectivity index (χ1n) is 10.2. The van der Waals surface area contributed by atoms with Crippen molar-refractivity contribution >= 4 is 117 Å². The zero-order valence-corrected chi connectivity index (χ0v) is 20.0. The highest BCUT2D eigenvalue weighted by molar-refractivity contribution is 7.36. The van der Waals surface area contributed by atoms with E-state index in [0.717, 1.165) is 0 Å². The van der Waals surface area contributed by atoms with Gasteiger partial charge >= 0.3 is 0 Å². The molecule has 0 nitrogen and oxygen atoms in total. The van der Waals surface area contributed by atoms with E-state index < -0.39 is 0 Å². The van der Waals surface area contributed by atoms with E-state index in [0.29, 0.717) is 0 Å². The zero-order chi connectivity index (χ0) is 20.7. The van der Waals surface area contributed by atoms with Crippen molar-refractivity contribution in [3.63, 3.8) is 0 Å². The minimum Gasteiger partial charge on any atom is -0.134 e. The van der Waals surface area contributed by atoms with E-state index in [1.807, 2.05) is 51.4 Å². The van der Waals surface area contributed by atoms with Crippen molar-refractivity contribution in [1.29, 1.82) is 0 Å². The van der Waals surface area contributed by atoms with E-state index in [-0.39, 0.29) is 0 Å². The molecule has 4 heteroatoms. The molecule has 0 spiro atoms. The highest BCUT2D eigenvalue weighted by atomic mass is 32.1. The Kier molecular flexibility index (Phi) is 3.80. The van der Waals surface area contributed by atoms with Crippen LogP contribution in [0.15, 0.2) is 61.2 Å². The van der Waals surface area contributed by atoms with E-state index in [9.17, 15) is 0 Å². The van der Waals surface area contributed by atoms with Gasteiger partial charge in [0.2, 0.25) is 0 Å². The molecule has 3 aromatic carbocycles. The van der Waals surface area contributed by atoms with Gasteiger partial charge in [0.15, 0.2) is 0 Å². The molecule has 0 radical (unpaired) electrons. The molecule has 148 valence electrons. The maximum atomic E-state index is 4.08. The Labute approximate surface area is 195 Å². The molecule has 0 atom stereocenters. The van der Waals surface area contributed by atoms with Crippen molar-refractivity contribution in [2.24, 2.45) is 0 Å². The van der Waals surface area contributed by atoms with Gasteiger partial charge in [-0.05, 0) is 54.1 Å². The fourth-order valence-electron chi connectivity index (χ4n) is 4.54. The van der Waals surface area contributed by atoms with Gasteiger partial charge in [-0.25, -0.2) is 0 Å². The number of thiophene rings is 4. The summed E-state index contributed by atoms with van der Waals surface area (Å²) in [5, 5.41) is 6.83. The summed E-state index contributed by atoms with van der Waals surface area (Å²) in [5.74, 6) is 0. The van der Waals surface area contributed by atoms with Crippen LogP contribution >= 0.6 is 45.3 Å². The third kappa shape index (κ3) is 2.45. The van der Waals surface area contributed by atoms with Crippen LogP contribution in [0.1, 0.15) is 17.4 Å². The fourth-order valence-corrected chi connectivity index (χ4v) is 9.98. The first kappa shape index (κ1) is 18.1. The van der Waals surface area contributed by atoms with Crippen LogP contribution in [0.2, 0.25) is 0 Å². The molecule has 0 aliphatic heterocycles. The Bertz CT molecular complexity index is 1860. The lowest BCUT2D eigenvalue weighted by molar-refractivity contribution is 1.78. The smallest absolute Gasteiger partial charge is 0.0542 e. The highest BCUT2D eigenvalue weighted by Gasteiger charge is 2.16. The van der Waals surface area contributed by atoms with Gasteiger partial charge in [0, 0.05) is 40.7 Å². The Morgan fingerprint density at radius 1 is 0.677 bits per heavy atom. The SMILES string of the molecule is C=Cc1c(/C=C\C)sc2c1sc1cc3cc4c(cc3cc12)sc1c2ccccc2sc41. The van der Waals surface area contributed by atoms with Gasteiger partial charge in [0.05, 0.1) is 18.8 Å². The molecule has 0 aliphatic carbocycles. The molecule has 0 unspecified atom stereocenters. The molecule has 0 saturated heterocycles. The number of rotatable bonds is 2. The molecule has 0 fully saturated rings. The summed E-state index contributed by atoms with van der Waals surface area (Å²) in [6.07, 6.45) is 6.33. The molecule has 0 amide bonds. The van der Waals surface area contributed by atoms with Crippen LogP contribution < -0.4 is 0 Å². The average Bonchev–Trinajstić information content (AvgIpc) is 3.49. The van der Waals surface area contributed by atoms with Crippen LogP contribution in [0.5, 0.6) is 0 Å². The maximum Gasteiger partial charge on any atom is 0.0542 e. The molecule has 7 aromatic rings. The second kappa shape index (κ2) is 6.50. The second-order valence-electron chi connectivity index (χ2n) is 7.75. The Balaban J connectivity index is 1.56. The number of hydrogen-bond acceptors (Lipinski definition) is 4. The predicted molar refractivity (Wildman–Crippen MR) is 148 cm³/mol. The largest absolute Gasteiger partial charge is 0.134 e.